The average molecular weight is 460 g/mol. The van der Waals surface area contributed by atoms with Crippen molar-refractivity contribution < 1.29 is 4.79 Å². The van der Waals surface area contributed by atoms with Crippen LogP contribution in [-0.2, 0) is 0 Å². The monoisotopic (exact) mass is 459 g/mol. The molecule has 0 saturated carbocycles. The summed E-state index contributed by atoms with van der Waals surface area (Å²) in [6, 6.07) is 14.8. The molecule has 2 N–H and O–H groups in total. The van der Waals surface area contributed by atoms with Gasteiger partial charge in [0, 0.05) is 17.3 Å². The molecule has 0 aliphatic carbocycles. The molecule has 33 heavy (non-hydrogen) atoms. The minimum absolute atomic E-state index is 0.299. The summed E-state index contributed by atoms with van der Waals surface area (Å²) in [6.07, 6.45) is 3.29. The molecule has 164 valence electrons. The molecule has 3 aromatic heterocycles. The van der Waals surface area contributed by atoms with Crippen molar-refractivity contribution >= 4 is 23.3 Å². The Kier molecular flexibility index (Phi) is 5.19. The third kappa shape index (κ3) is 3.87. The van der Waals surface area contributed by atoms with Gasteiger partial charge >= 0.3 is 0 Å². The highest BCUT2D eigenvalue weighted by atomic mass is 35.5. The number of hydrogen-bond acceptors (Lipinski definition) is 6. The standard InChI is InChI=1S/C22H18ClN9O/c1-13-5-3-4-6-18(13)32-14(2)17(12-24-32)22(33)25-20-9-10-31(28-20)19-8-7-15(23)11-16(19)21-26-29-30-27-21/h3-12H,1-2H3,(H,25,28,33)(H,26,27,29,30). The first-order valence-electron chi connectivity index (χ1n) is 10.0. The number of amides is 1. The van der Waals surface area contributed by atoms with E-state index in [2.05, 4.69) is 36.1 Å². The van der Waals surface area contributed by atoms with Crippen LogP contribution in [0.2, 0.25) is 5.02 Å². The van der Waals surface area contributed by atoms with E-state index in [9.17, 15) is 4.79 Å². The van der Waals surface area contributed by atoms with Crippen LogP contribution in [-0.4, -0.2) is 46.1 Å². The van der Waals surface area contributed by atoms with Crippen LogP contribution in [0.4, 0.5) is 5.82 Å². The van der Waals surface area contributed by atoms with Crippen molar-refractivity contribution in [3.05, 3.63) is 82.8 Å². The van der Waals surface area contributed by atoms with Crippen LogP contribution in [0.5, 0.6) is 0 Å². The molecule has 3 heterocycles. The van der Waals surface area contributed by atoms with Crippen molar-refractivity contribution in [3.8, 4) is 22.8 Å². The maximum atomic E-state index is 12.9. The molecule has 5 rings (SSSR count). The van der Waals surface area contributed by atoms with Crippen LogP contribution in [0.25, 0.3) is 22.8 Å². The molecule has 0 aliphatic heterocycles. The number of rotatable bonds is 5. The van der Waals surface area contributed by atoms with Gasteiger partial charge in [0.05, 0.1) is 34.4 Å². The van der Waals surface area contributed by atoms with Gasteiger partial charge in [-0.1, -0.05) is 29.8 Å². The third-order valence-corrected chi connectivity index (χ3v) is 5.46. The number of para-hydroxylation sites is 1. The van der Waals surface area contributed by atoms with Gasteiger partial charge in [0.1, 0.15) is 0 Å². The normalized spacial score (nSPS) is 11.0. The number of tetrazole rings is 1. The Morgan fingerprint density at radius 2 is 1.94 bits per heavy atom. The summed E-state index contributed by atoms with van der Waals surface area (Å²) in [7, 11) is 0. The molecule has 10 nitrogen and oxygen atoms in total. The lowest BCUT2D eigenvalue weighted by Crippen LogP contribution is -2.14. The molecule has 0 atom stereocenters. The zero-order valence-corrected chi connectivity index (χ0v) is 18.4. The molecular weight excluding hydrogens is 442 g/mol. The molecule has 0 radical (unpaired) electrons. The molecule has 0 fully saturated rings. The molecule has 2 aromatic carbocycles. The summed E-state index contributed by atoms with van der Waals surface area (Å²) in [4.78, 5) is 12.9. The molecule has 1 amide bonds. The number of aromatic nitrogens is 8. The summed E-state index contributed by atoms with van der Waals surface area (Å²) in [5, 5.41) is 26.3. The highest BCUT2D eigenvalue weighted by Crippen LogP contribution is 2.27. The van der Waals surface area contributed by atoms with Crippen molar-refractivity contribution in [3.63, 3.8) is 0 Å². The van der Waals surface area contributed by atoms with Gasteiger partial charge < -0.3 is 5.32 Å². The Labute approximate surface area is 193 Å². The van der Waals surface area contributed by atoms with E-state index in [1.807, 2.05) is 38.1 Å². The molecule has 0 saturated heterocycles. The molecule has 5 aromatic rings. The van der Waals surface area contributed by atoms with Crippen LogP contribution in [0.15, 0.2) is 60.9 Å². The van der Waals surface area contributed by atoms with E-state index >= 15 is 0 Å². The van der Waals surface area contributed by atoms with E-state index in [-0.39, 0.29) is 5.91 Å². The van der Waals surface area contributed by atoms with Gasteiger partial charge in [0.15, 0.2) is 5.82 Å². The highest BCUT2D eigenvalue weighted by Gasteiger charge is 2.18. The van der Waals surface area contributed by atoms with Gasteiger partial charge in [-0.25, -0.2) is 9.36 Å². The van der Waals surface area contributed by atoms with Crippen LogP contribution in [0.1, 0.15) is 21.6 Å². The molecule has 0 aliphatic rings. The van der Waals surface area contributed by atoms with Crippen LogP contribution < -0.4 is 5.32 Å². The fraction of sp³-hybridized carbons (Fsp3) is 0.0909. The SMILES string of the molecule is Cc1ccccc1-n1ncc(C(=O)Nc2ccn(-c3ccc(Cl)cc3-c3nn[nH]n3)n2)c1C. The number of aryl methyl sites for hydroxylation is 1. The number of benzene rings is 2. The second-order valence-electron chi connectivity index (χ2n) is 7.34. The van der Waals surface area contributed by atoms with Crippen LogP contribution in [0.3, 0.4) is 0 Å². The zero-order valence-electron chi connectivity index (χ0n) is 17.7. The minimum atomic E-state index is -0.299. The Morgan fingerprint density at radius 3 is 2.73 bits per heavy atom. The van der Waals surface area contributed by atoms with Crippen molar-refractivity contribution in [2.45, 2.75) is 13.8 Å². The average Bonchev–Trinajstić information content (AvgIpc) is 3.56. The molecule has 0 bridgehead atoms. The van der Waals surface area contributed by atoms with Gasteiger partial charge in [-0.05, 0) is 48.9 Å². The first-order chi connectivity index (χ1) is 16.0. The van der Waals surface area contributed by atoms with E-state index in [0.29, 0.717) is 33.5 Å². The maximum absolute atomic E-state index is 12.9. The topological polar surface area (TPSA) is 119 Å². The Hall–Kier alpha value is -4.31. The van der Waals surface area contributed by atoms with E-state index in [1.54, 1.807) is 46.0 Å². The predicted octanol–water partition coefficient (Wildman–Crippen LogP) is 3.76. The summed E-state index contributed by atoms with van der Waals surface area (Å²) in [6.45, 7) is 3.86. The van der Waals surface area contributed by atoms with E-state index in [0.717, 1.165) is 16.9 Å². The summed E-state index contributed by atoms with van der Waals surface area (Å²) < 4.78 is 3.37. The number of anilines is 1. The van der Waals surface area contributed by atoms with Crippen LogP contribution in [0, 0.1) is 13.8 Å². The first-order valence-corrected chi connectivity index (χ1v) is 10.4. The van der Waals surface area contributed by atoms with Crippen LogP contribution >= 0.6 is 11.6 Å². The van der Waals surface area contributed by atoms with E-state index in [1.165, 1.54) is 0 Å². The smallest absolute Gasteiger partial charge is 0.260 e. The van der Waals surface area contributed by atoms with Crippen molar-refractivity contribution in [1.82, 2.24) is 40.2 Å². The summed E-state index contributed by atoms with van der Waals surface area (Å²) >= 11 is 6.15. The second kappa shape index (κ2) is 8.32. The van der Waals surface area contributed by atoms with E-state index < -0.39 is 0 Å². The quantitative estimate of drug-likeness (QED) is 0.413. The maximum Gasteiger partial charge on any atom is 0.260 e. The van der Waals surface area contributed by atoms with Gasteiger partial charge in [0.2, 0.25) is 5.82 Å². The minimum Gasteiger partial charge on any atom is -0.305 e. The summed E-state index contributed by atoms with van der Waals surface area (Å²) in [5.74, 6) is 0.469. The molecule has 0 unspecified atom stereocenters. The number of carbonyl (C=O) groups is 1. The van der Waals surface area contributed by atoms with Crippen molar-refractivity contribution in [1.29, 1.82) is 0 Å². The number of nitrogens with zero attached hydrogens (tertiary/aromatic N) is 7. The van der Waals surface area contributed by atoms with Crippen molar-refractivity contribution in [2.75, 3.05) is 5.32 Å². The largest absolute Gasteiger partial charge is 0.305 e. The highest BCUT2D eigenvalue weighted by molar-refractivity contribution is 6.31. The Balaban J connectivity index is 1.41. The predicted molar refractivity (Wildman–Crippen MR) is 123 cm³/mol. The van der Waals surface area contributed by atoms with Gasteiger partial charge in [-0.15, -0.1) is 10.2 Å². The lowest BCUT2D eigenvalue weighted by Gasteiger charge is -2.08. The number of hydrogen-bond donors (Lipinski definition) is 2. The lowest BCUT2D eigenvalue weighted by molar-refractivity contribution is 0.102. The van der Waals surface area contributed by atoms with Gasteiger partial charge in [0.25, 0.3) is 5.91 Å². The van der Waals surface area contributed by atoms with Gasteiger partial charge in [-0.3, -0.25) is 4.79 Å². The van der Waals surface area contributed by atoms with Gasteiger partial charge in [-0.2, -0.15) is 15.4 Å². The zero-order chi connectivity index (χ0) is 22.9. The first kappa shape index (κ1) is 20.6. The number of H-pyrrole nitrogens is 1. The second-order valence-corrected chi connectivity index (χ2v) is 7.77. The fourth-order valence-corrected chi connectivity index (χ4v) is 3.72. The molecular formula is C22H18ClN9O. The Bertz CT molecular complexity index is 1450. The summed E-state index contributed by atoms with van der Waals surface area (Å²) in [5.41, 5.74) is 4.52. The number of aromatic amines is 1. The molecule has 11 heteroatoms. The Morgan fingerprint density at radius 1 is 1.09 bits per heavy atom. The number of halogens is 1. The molecule has 0 spiro atoms. The fourth-order valence-electron chi connectivity index (χ4n) is 3.55. The van der Waals surface area contributed by atoms with E-state index in [4.69, 9.17) is 11.6 Å². The van der Waals surface area contributed by atoms with Crippen molar-refractivity contribution in [2.24, 2.45) is 0 Å². The third-order valence-electron chi connectivity index (χ3n) is 5.22. The number of carbonyl (C=O) groups excluding carboxylic acids is 1. The number of nitrogens with one attached hydrogen (secondary N) is 2. The lowest BCUT2D eigenvalue weighted by atomic mass is 10.1.